The maximum absolute atomic E-state index is 15.1. The van der Waals surface area contributed by atoms with Gasteiger partial charge in [0.1, 0.15) is 16.9 Å². The Morgan fingerprint density at radius 1 is 1.28 bits per heavy atom. The number of carbonyl (C=O) groups is 1. The Morgan fingerprint density at radius 3 is 2.81 bits per heavy atom. The summed E-state index contributed by atoms with van der Waals surface area (Å²) in [7, 11) is 0. The molecule has 8 nitrogen and oxygen atoms in total. The standard InChI is InChI=1S/C22H24F2N6O2/c1-12-10-29(8-9-30(12)17-7-6-16(22(32)25-3)27-20(17)24)11-14-4-5-15-19(18(14)23)28-21(31)13(2)26-15/h4-7,12H,8-11H2,1-3H3,(H,25,32)(H,28,31)/t12-/m1/s1/i3D3. The number of hydrogen-bond acceptors (Lipinski definition) is 6. The molecule has 4 rings (SSSR count). The molecule has 1 aliphatic rings. The average molecular weight is 445 g/mol. The molecule has 1 aromatic carbocycles. The van der Waals surface area contributed by atoms with Crippen LogP contribution in [-0.2, 0) is 6.54 Å². The molecule has 1 atom stereocenters. The molecule has 3 heterocycles. The van der Waals surface area contributed by atoms with Gasteiger partial charge in [-0.3, -0.25) is 14.5 Å². The molecule has 168 valence electrons. The van der Waals surface area contributed by atoms with E-state index >= 15 is 4.39 Å². The predicted molar refractivity (Wildman–Crippen MR) is 117 cm³/mol. The van der Waals surface area contributed by atoms with E-state index in [1.165, 1.54) is 12.1 Å². The van der Waals surface area contributed by atoms with E-state index in [-0.39, 0.29) is 28.6 Å². The van der Waals surface area contributed by atoms with Crippen LogP contribution in [-0.4, -0.2) is 58.4 Å². The van der Waals surface area contributed by atoms with Crippen LogP contribution in [0.15, 0.2) is 29.1 Å². The number of H-pyrrole nitrogens is 1. The Kier molecular flexibility index (Phi) is 4.90. The molecule has 1 aliphatic heterocycles. The number of halogens is 2. The second-order valence-corrected chi connectivity index (χ2v) is 7.82. The highest BCUT2D eigenvalue weighted by Gasteiger charge is 2.27. The molecule has 1 fully saturated rings. The van der Waals surface area contributed by atoms with Crippen LogP contribution in [0.1, 0.15) is 32.8 Å². The van der Waals surface area contributed by atoms with Crippen LogP contribution in [0.2, 0.25) is 0 Å². The SMILES string of the molecule is [2H]C([2H])([2H])NC(=O)c1ccc(N2CCN(Cc3ccc4nc(C)c(=O)[nH]c4c3F)C[C@H]2C)c(F)n1. The molecule has 0 aliphatic carbocycles. The molecule has 10 heteroatoms. The summed E-state index contributed by atoms with van der Waals surface area (Å²) in [6, 6.07) is 5.83. The van der Waals surface area contributed by atoms with Crippen molar-refractivity contribution in [2.75, 3.05) is 31.5 Å². The number of aryl methyl sites for hydroxylation is 1. The Bertz CT molecular complexity index is 1350. The lowest BCUT2D eigenvalue weighted by Gasteiger charge is -2.41. The van der Waals surface area contributed by atoms with Gasteiger partial charge < -0.3 is 15.2 Å². The van der Waals surface area contributed by atoms with Gasteiger partial charge in [0.25, 0.3) is 11.5 Å². The molecule has 3 aromatic rings. The van der Waals surface area contributed by atoms with Crippen LogP contribution >= 0.6 is 0 Å². The van der Waals surface area contributed by atoms with Crippen molar-refractivity contribution >= 4 is 22.6 Å². The predicted octanol–water partition coefficient (Wildman–Crippen LogP) is 1.98. The largest absolute Gasteiger partial charge is 0.363 e. The van der Waals surface area contributed by atoms with Crippen LogP contribution < -0.4 is 15.8 Å². The molecule has 2 N–H and O–H groups in total. The van der Waals surface area contributed by atoms with Crippen molar-refractivity contribution in [3.63, 3.8) is 0 Å². The van der Waals surface area contributed by atoms with E-state index in [1.807, 2.05) is 11.8 Å². The number of nitrogens with one attached hydrogen (secondary N) is 2. The zero-order valence-corrected chi connectivity index (χ0v) is 17.6. The third kappa shape index (κ3) is 4.05. The normalized spacial score (nSPS) is 18.8. The van der Waals surface area contributed by atoms with Gasteiger partial charge in [-0.1, -0.05) is 6.07 Å². The second-order valence-electron chi connectivity index (χ2n) is 7.82. The Labute approximate surface area is 187 Å². The third-order valence-electron chi connectivity index (χ3n) is 5.65. The fraction of sp³-hybridized carbons (Fsp3) is 0.364. The molecule has 0 bridgehead atoms. The van der Waals surface area contributed by atoms with Gasteiger partial charge in [-0.2, -0.15) is 4.39 Å². The Balaban J connectivity index is 1.46. The Hall–Kier alpha value is -3.40. The molecule has 0 spiro atoms. The van der Waals surface area contributed by atoms with Gasteiger partial charge in [-0.15, -0.1) is 0 Å². The number of aromatic amines is 1. The number of nitrogens with zero attached hydrogens (tertiary/aromatic N) is 4. The molecule has 0 radical (unpaired) electrons. The van der Waals surface area contributed by atoms with Crippen LogP contribution in [0.4, 0.5) is 14.5 Å². The highest BCUT2D eigenvalue weighted by Crippen LogP contribution is 2.25. The van der Waals surface area contributed by atoms with E-state index in [0.717, 1.165) is 0 Å². The maximum Gasteiger partial charge on any atom is 0.269 e. The summed E-state index contributed by atoms with van der Waals surface area (Å²) < 4.78 is 51.1. The highest BCUT2D eigenvalue weighted by atomic mass is 19.1. The first-order chi connectivity index (χ1) is 16.4. The van der Waals surface area contributed by atoms with Gasteiger partial charge in [0.15, 0.2) is 5.82 Å². The van der Waals surface area contributed by atoms with E-state index in [9.17, 15) is 14.0 Å². The highest BCUT2D eigenvalue weighted by molar-refractivity contribution is 5.92. The van der Waals surface area contributed by atoms with Crippen molar-refractivity contribution in [1.82, 2.24) is 25.2 Å². The summed E-state index contributed by atoms with van der Waals surface area (Å²) in [6.07, 6.45) is 0. The molecule has 0 unspecified atom stereocenters. The number of rotatable bonds is 4. The monoisotopic (exact) mass is 445 g/mol. The van der Waals surface area contributed by atoms with Crippen molar-refractivity contribution in [3.05, 3.63) is 63.3 Å². The van der Waals surface area contributed by atoms with E-state index in [1.54, 1.807) is 29.3 Å². The molecule has 32 heavy (non-hydrogen) atoms. The minimum atomic E-state index is -2.70. The summed E-state index contributed by atoms with van der Waals surface area (Å²) in [5, 5.41) is 1.78. The lowest BCUT2D eigenvalue weighted by molar-refractivity contribution is 0.0957. The number of anilines is 1. The number of pyridine rings is 1. The molecular formula is C22H24F2N6O2. The molecule has 1 saturated heterocycles. The van der Waals surface area contributed by atoms with E-state index < -0.39 is 30.2 Å². The number of hydrogen-bond donors (Lipinski definition) is 2. The van der Waals surface area contributed by atoms with Crippen LogP contribution in [0, 0.1) is 18.7 Å². The Morgan fingerprint density at radius 2 is 2.09 bits per heavy atom. The summed E-state index contributed by atoms with van der Waals surface area (Å²) in [5.41, 5.74) is 0.551. The van der Waals surface area contributed by atoms with E-state index in [2.05, 4.69) is 15.0 Å². The topological polar surface area (TPSA) is 94.2 Å². The first kappa shape index (κ1) is 18.2. The number of piperazine rings is 1. The van der Waals surface area contributed by atoms with Crippen molar-refractivity contribution in [1.29, 1.82) is 0 Å². The van der Waals surface area contributed by atoms with Gasteiger partial charge in [0, 0.05) is 48.9 Å². The molecular weight excluding hydrogens is 418 g/mol. The van der Waals surface area contributed by atoms with Gasteiger partial charge in [-0.05, 0) is 32.0 Å². The average Bonchev–Trinajstić information content (AvgIpc) is 2.76. The lowest BCUT2D eigenvalue weighted by Crippen LogP contribution is -2.52. The van der Waals surface area contributed by atoms with Crippen LogP contribution in [0.5, 0.6) is 0 Å². The van der Waals surface area contributed by atoms with Gasteiger partial charge >= 0.3 is 0 Å². The van der Waals surface area contributed by atoms with Crippen molar-refractivity contribution in [2.24, 2.45) is 0 Å². The van der Waals surface area contributed by atoms with Crippen molar-refractivity contribution < 1.29 is 17.7 Å². The first-order valence-corrected chi connectivity index (χ1v) is 10.1. The fourth-order valence-electron chi connectivity index (χ4n) is 3.99. The summed E-state index contributed by atoms with van der Waals surface area (Å²) in [6.45, 7) is 2.48. The smallest absolute Gasteiger partial charge is 0.269 e. The van der Waals surface area contributed by atoms with Crippen molar-refractivity contribution in [3.8, 4) is 0 Å². The van der Waals surface area contributed by atoms with Gasteiger partial charge in [0.05, 0.1) is 11.2 Å². The first-order valence-electron chi connectivity index (χ1n) is 11.6. The van der Waals surface area contributed by atoms with Crippen LogP contribution in [0.3, 0.4) is 0 Å². The zero-order valence-electron chi connectivity index (χ0n) is 20.6. The molecule has 0 saturated carbocycles. The van der Waals surface area contributed by atoms with Crippen LogP contribution in [0.25, 0.3) is 11.0 Å². The van der Waals surface area contributed by atoms with Gasteiger partial charge in [0.2, 0.25) is 5.95 Å². The third-order valence-corrected chi connectivity index (χ3v) is 5.65. The number of carbonyl (C=O) groups excluding carboxylic acids is 1. The lowest BCUT2D eigenvalue weighted by atomic mass is 10.1. The van der Waals surface area contributed by atoms with Crippen molar-refractivity contribution in [2.45, 2.75) is 26.4 Å². The quantitative estimate of drug-likeness (QED) is 0.597. The fourth-order valence-corrected chi connectivity index (χ4v) is 3.99. The number of amides is 1. The summed E-state index contributed by atoms with van der Waals surface area (Å²) in [5.74, 6) is -2.39. The summed E-state index contributed by atoms with van der Waals surface area (Å²) in [4.78, 5) is 37.9. The minimum Gasteiger partial charge on any atom is -0.363 e. The maximum atomic E-state index is 15.1. The van der Waals surface area contributed by atoms with E-state index in [4.69, 9.17) is 4.11 Å². The number of benzene rings is 1. The van der Waals surface area contributed by atoms with E-state index in [0.29, 0.717) is 37.3 Å². The van der Waals surface area contributed by atoms with Gasteiger partial charge in [-0.25, -0.2) is 14.4 Å². The molecule has 1 amide bonds. The minimum absolute atomic E-state index is 0.0700. The number of aromatic nitrogens is 3. The molecule has 2 aromatic heterocycles. The zero-order chi connectivity index (χ0) is 25.5. The number of fused-ring (bicyclic) bond motifs is 1. The second kappa shape index (κ2) is 8.62. The summed E-state index contributed by atoms with van der Waals surface area (Å²) >= 11 is 0.